The molecule has 1 aliphatic carbocycles. The smallest absolute Gasteiger partial charge is 0.170 e. The molecule has 1 heterocycles. The van der Waals surface area contributed by atoms with Gasteiger partial charge in [-0.3, -0.25) is 4.79 Å². The Bertz CT molecular complexity index is 436. The summed E-state index contributed by atoms with van der Waals surface area (Å²) in [4.78, 5) is 16.3. The van der Waals surface area contributed by atoms with Crippen LogP contribution in [0.1, 0.15) is 29.6 Å². The van der Waals surface area contributed by atoms with Gasteiger partial charge in [-0.2, -0.15) is 0 Å². The molecule has 2 unspecified atom stereocenters. The number of pyridine rings is 1. The lowest BCUT2D eigenvalue weighted by atomic mass is 9.88. The number of Topliss-reactive ketones (excluding diaryl/α,β-unsaturated/α-hetero) is 1. The van der Waals surface area contributed by atoms with Gasteiger partial charge in [0.25, 0.3) is 0 Å². The number of hydrogen-bond donors (Lipinski definition) is 2. The predicted molar refractivity (Wildman–Crippen MR) is 67.9 cm³/mol. The van der Waals surface area contributed by atoms with Crippen LogP contribution in [-0.2, 0) is 0 Å². The molecule has 0 aliphatic heterocycles. The van der Waals surface area contributed by atoms with Crippen molar-refractivity contribution in [2.24, 2.45) is 17.6 Å². The molecule has 2 atom stereocenters. The molecular weight excluding hydrogens is 238 g/mol. The number of nitrogens with two attached hydrogens (primary N) is 2. The number of halogens is 1. The van der Waals surface area contributed by atoms with E-state index in [1.807, 2.05) is 0 Å². The first kappa shape index (κ1) is 12.3. The third-order valence-corrected chi connectivity index (χ3v) is 3.66. The minimum atomic E-state index is -0.0254. The van der Waals surface area contributed by atoms with Gasteiger partial charge in [0.15, 0.2) is 5.78 Å². The fourth-order valence-electron chi connectivity index (χ4n) is 2.51. The molecule has 0 radical (unpaired) electrons. The maximum absolute atomic E-state index is 12.4. The Kier molecular flexibility index (Phi) is 3.64. The minimum absolute atomic E-state index is 0.0254. The summed E-state index contributed by atoms with van der Waals surface area (Å²) in [5, 5.41) is 0.435. The van der Waals surface area contributed by atoms with Gasteiger partial charge < -0.3 is 11.5 Å². The third kappa shape index (κ3) is 2.42. The fraction of sp³-hybridized carbons (Fsp3) is 0.500. The first-order valence-electron chi connectivity index (χ1n) is 5.78. The summed E-state index contributed by atoms with van der Waals surface area (Å²) in [5.74, 6) is 0.524. The van der Waals surface area contributed by atoms with Crippen molar-refractivity contribution in [3.8, 4) is 0 Å². The SMILES string of the molecule is NCC1CCCC1C(=O)c1cc(Cl)cnc1N. The van der Waals surface area contributed by atoms with E-state index >= 15 is 0 Å². The Morgan fingerprint density at radius 3 is 3.00 bits per heavy atom. The number of carbonyl (C=O) groups is 1. The lowest BCUT2D eigenvalue weighted by Gasteiger charge is -2.17. The molecule has 0 saturated heterocycles. The monoisotopic (exact) mass is 253 g/mol. The van der Waals surface area contributed by atoms with E-state index in [0.29, 0.717) is 17.1 Å². The molecule has 0 amide bonds. The largest absolute Gasteiger partial charge is 0.383 e. The number of ketones is 1. The summed E-state index contributed by atoms with van der Waals surface area (Å²) < 4.78 is 0. The highest BCUT2D eigenvalue weighted by atomic mass is 35.5. The van der Waals surface area contributed by atoms with Crippen molar-refractivity contribution in [2.45, 2.75) is 19.3 Å². The zero-order valence-electron chi connectivity index (χ0n) is 9.53. The van der Waals surface area contributed by atoms with Crippen molar-refractivity contribution in [1.82, 2.24) is 4.98 Å². The fourth-order valence-corrected chi connectivity index (χ4v) is 2.67. The van der Waals surface area contributed by atoms with E-state index in [0.717, 1.165) is 19.3 Å². The molecule has 0 bridgehead atoms. The van der Waals surface area contributed by atoms with Crippen molar-refractivity contribution in [2.75, 3.05) is 12.3 Å². The molecule has 4 nitrogen and oxygen atoms in total. The van der Waals surface area contributed by atoms with E-state index in [-0.39, 0.29) is 23.4 Å². The normalized spacial score (nSPS) is 23.9. The molecule has 1 aliphatic rings. The van der Waals surface area contributed by atoms with Crippen molar-refractivity contribution in [1.29, 1.82) is 0 Å². The summed E-state index contributed by atoms with van der Waals surface area (Å²) >= 11 is 5.84. The predicted octanol–water partition coefficient (Wildman–Crippen LogP) is 1.87. The Labute approximate surface area is 105 Å². The van der Waals surface area contributed by atoms with E-state index in [1.165, 1.54) is 6.20 Å². The van der Waals surface area contributed by atoms with E-state index < -0.39 is 0 Å². The van der Waals surface area contributed by atoms with Gasteiger partial charge in [-0.15, -0.1) is 0 Å². The van der Waals surface area contributed by atoms with Gasteiger partial charge in [0.2, 0.25) is 0 Å². The second-order valence-corrected chi connectivity index (χ2v) is 4.92. The summed E-state index contributed by atoms with van der Waals surface area (Å²) in [6.07, 6.45) is 4.39. The van der Waals surface area contributed by atoms with Crippen LogP contribution in [-0.4, -0.2) is 17.3 Å². The first-order chi connectivity index (χ1) is 8.13. The zero-order chi connectivity index (χ0) is 12.4. The number of anilines is 1. The summed E-state index contributed by atoms with van der Waals surface area (Å²) in [6, 6.07) is 1.60. The lowest BCUT2D eigenvalue weighted by molar-refractivity contribution is 0.0894. The van der Waals surface area contributed by atoms with Crippen molar-refractivity contribution < 1.29 is 4.79 Å². The zero-order valence-corrected chi connectivity index (χ0v) is 10.3. The average Bonchev–Trinajstić information content (AvgIpc) is 2.79. The van der Waals surface area contributed by atoms with Gasteiger partial charge in [0, 0.05) is 12.1 Å². The Hall–Kier alpha value is -1.13. The van der Waals surface area contributed by atoms with Crippen LogP contribution in [0.2, 0.25) is 5.02 Å². The summed E-state index contributed by atoms with van der Waals surface area (Å²) in [7, 11) is 0. The highest BCUT2D eigenvalue weighted by Crippen LogP contribution is 2.34. The molecule has 2 rings (SSSR count). The molecule has 4 N–H and O–H groups in total. The number of nitrogen functional groups attached to an aromatic ring is 1. The number of hydrogen-bond acceptors (Lipinski definition) is 4. The highest BCUT2D eigenvalue weighted by molar-refractivity contribution is 6.31. The highest BCUT2D eigenvalue weighted by Gasteiger charge is 2.33. The average molecular weight is 254 g/mol. The first-order valence-corrected chi connectivity index (χ1v) is 6.16. The van der Waals surface area contributed by atoms with Crippen LogP contribution in [0.3, 0.4) is 0 Å². The minimum Gasteiger partial charge on any atom is -0.383 e. The van der Waals surface area contributed by atoms with E-state index in [9.17, 15) is 4.79 Å². The summed E-state index contributed by atoms with van der Waals surface area (Å²) in [6.45, 7) is 0.546. The van der Waals surface area contributed by atoms with Gasteiger partial charge in [0.1, 0.15) is 5.82 Å². The van der Waals surface area contributed by atoms with Crippen LogP contribution in [0.15, 0.2) is 12.3 Å². The maximum atomic E-state index is 12.4. The van der Waals surface area contributed by atoms with Gasteiger partial charge in [-0.1, -0.05) is 18.0 Å². The molecule has 1 saturated carbocycles. The van der Waals surface area contributed by atoms with Crippen LogP contribution in [0.4, 0.5) is 5.82 Å². The van der Waals surface area contributed by atoms with Crippen LogP contribution in [0.25, 0.3) is 0 Å². The van der Waals surface area contributed by atoms with Gasteiger partial charge >= 0.3 is 0 Å². The van der Waals surface area contributed by atoms with E-state index in [1.54, 1.807) is 6.07 Å². The van der Waals surface area contributed by atoms with Crippen LogP contribution in [0, 0.1) is 11.8 Å². The number of nitrogens with zero attached hydrogens (tertiary/aromatic N) is 1. The number of rotatable bonds is 3. The Morgan fingerprint density at radius 2 is 2.29 bits per heavy atom. The molecule has 17 heavy (non-hydrogen) atoms. The van der Waals surface area contributed by atoms with Crippen molar-refractivity contribution in [3.05, 3.63) is 22.8 Å². The van der Waals surface area contributed by atoms with Crippen molar-refractivity contribution >= 4 is 23.2 Å². The Morgan fingerprint density at radius 1 is 1.53 bits per heavy atom. The molecule has 92 valence electrons. The van der Waals surface area contributed by atoms with Gasteiger partial charge in [-0.05, 0) is 31.4 Å². The maximum Gasteiger partial charge on any atom is 0.170 e. The molecule has 0 aromatic carbocycles. The molecular formula is C12H16ClN3O. The third-order valence-electron chi connectivity index (χ3n) is 3.45. The second kappa shape index (κ2) is 5.02. The number of carbonyl (C=O) groups excluding carboxylic acids is 1. The molecule has 1 aromatic rings. The standard InChI is InChI=1S/C12H16ClN3O/c13-8-4-10(12(15)16-6-8)11(17)9-3-1-2-7(9)5-14/h4,6-7,9H,1-3,5,14H2,(H2,15,16). The Balaban J connectivity index is 2.27. The van der Waals surface area contributed by atoms with Crippen LogP contribution in [0.5, 0.6) is 0 Å². The number of aromatic nitrogens is 1. The van der Waals surface area contributed by atoms with Gasteiger partial charge in [0.05, 0.1) is 10.6 Å². The second-order valence-electron chi connectivity index (χ2n) is 4.48. The van der Waals surface area contributed by atoms with Crippen LogP contribution >= 0.6 is 11.6 Å². The van der Waals surface area contributed by atoms with Crippen molar-refractivity contribution in [3.63, 3.8) is 0 Å². The molecule has 1 fully saturated rings. The molecule has 5 heteroatoms. The van der Waals surface area contributed by atoms with E-state index in [4.69, 9.17) is 23.1 Å². The molecule has 0 spiro atoms. The quantitative estimate of drug-likeness (QED) is 0.806. The van der Waals surface area contributed by atoms with Gasteiger partial charge in [-0.25, -0.2) is 4.98 Å². The summed E-state index contributed by atoms with van der Waals surface area (Å²) in [5.41, 5.74) is 11.8. The van der Waals surface area contributed by atoms with Crippen LogP contribution < -0.4 is 11.5 Å². The topological polar surface area (TPSA) is 82.0 Å². The lowest BCUT2D eigenvalue weighted by Crippen LogP contribution is -2.26. The molecule has 1 aromatic heterocycles. The van der Waals surface area contributed by atoms with E-state index in [2.05, 4.69) is 4.98 Å².